The third-order valence-electron chi connectivity index (χ3n) is 3.33. The summed E-state index contributed by atoms with van der Waals surface area (Å²) >= 11 is 0. The molecule has 2 aliphatic heterocycles. The van der Waals surface area contributed by atoms with Crippen LogP contribution in [0.4, 0.5) is 0 Å². The van der Waals surface area contributed by atoms with E-state index in [4.69, 9.17) is 14.2 Å². The Kier molecular flexibility index (Phi) is 4.62. The first-order chi connectivity index (χ1) is 9.38. The second kappa shape index (κ2) is 6.07. The van der Waals surface area contributed by atoms with Crippen molar-refractivity contribution in [1.29, 1.82) is 0 Å². The van der Waals surface area contributed by atoms with E-state index in [1.54, 1.807) is 0 Å². The minimum atomic E-state index is -1.15. The number of ether oxygens (including phenoxy) is 3. The normalized spacial score (nSPS) is 36.0. The van der Waals surface area contributed by atoms with E-state index in [2.05, 4.69) is 5.32 Å². The van der Waals surface area contributed by atoms with Gasteiger partial charge in [-0.3, -0.25) is 9.59 Å². The number of hydrogen-bond acceptors (Lipinski definition) is 6. The molecule has 5 atom stereocenters. The molecule has 0 radical (unpaired) electrons. The monoisotopic (exact) mass is 287 g/mol. The molecule has 114 valence electrons. The van der Waals surface area contributed by atoms with Crippen LogP contribution in [0.25, 0.3) is 0 Å². The topological polar surface area (TPSA) is 94.1 Å². The SMILES string of the molecule is CC(=O)N[C@H]1[C@H]2OC[C@@H](OC(=O)CC(C)C)[C@H]2O[C@H]1O. The molecule has 20 heavy (non-hydrogen) atoms. The van der Waals surface area contributed by atoms with Gasteiger partial charge in [-0.25, -0.2) is 0 Å². The van der Waals surface area contributed by atoms with E-state index in [-0.39, 0.29) is 24.4 Å². The summed E-state index contributed by atoms with van der Waals surface area (Å²) in [5.74, 6) is -0.375. The molecule has 7 heteroatoms. The molecule has 0 unspecified atom stereocenters. The number of fused-ring (bicyclic) bond motifs is 1. The average Bonchev–Trinajstić information content (AvgIpc) is 2.80. The Morgan fingerprint density at radius 1 is 1.40 bits per heavy atom. The lowest BCUT2D eigenvalue weighted by Gasteiger charge is -2.18. The average molecular weight is 287 g/mol. The summed E-state index contributed by atoms with van der Waals surface area (Å²) in [4.78, 5) is 22.8. The second-order valence-electron chi connectivity index (χ2n) is 5.64. The van der Waals surface area contributed by atoms with Crippen molar-refractivity contribution in [2.45, 2.75) is 57.8 Å². The van der Waals surface area contributed by atoms with E-state index >= 15 is 0 Å². The van der Waals surface area contributed by atoms with Crippen LogP contribution in [0.1, 0.15) is 27.2 Å². The zero-order valence-electron chi connectivity index (χ0n) is 11.9. The zero-order chi connectivity index (χ0) is 14.9. The van der Waals surface area contributed by atoms with E-state index < -0.39 is 30.6 Å². The molecular weight excluding hydrogens is 266 g/mol. The number of hydrogen-bond donors (Lipinski definition) is 2. The van der Waals surface area contributed by atoms with Crippen LogP contribution < -0.4 is 5.32 Å². The van der Waals surface area contributed by atoms with E-state index in [0.29, 0.717) is 6.42 Å². The summed E-state index contributed by atoms with van der Waals surface area (Å²) < 4.78 is 16.2. The zero-order valence-corrected chi connectivity index (χ0v) is 11.9. The van der Waals surface area contributed by atoms with Gasteiger partial charge in [-0.05, 0) is 5.92 Å². The van der Waals surface area contributed by atoms with Crippen LogP contribution in [-0.2, 0) is 23.8 Å². The van der Waals surface area contributed by atoms with Crippen molar-refractivity contribution in [3.63, 3.8) is 0 Å². The first kappa shape index (κ1) is 15.2. The van der Waals surface area contributed by atoms with Gasteiger partial charge >= 0.3 is 5.97 Å². The van der Waals surface area contributed by atoms with Crippen LogP contribution in [0.15, 0.2) is 0 Å². The van der Waals surface area contributed by atoms with Crippen molar-refractivity contribution >= 4 is 11.9 Å². The first-order valence-electron chi connectivity index (χ1n) is 6.80. The highest BCUT2D eigenvalue weighted by molar-refractivity contribution is 5.73. The van der Waals surface area contributed by atoms with Gasteiger partial charge < -0.3 is 24.6 Å². The molecule has 0 aromatic carbocycles. The Balaban J connectivity index is 1.94. The van der Waals surface area contributed by atoms with Crippen molar-refractivity contribution in [2.75, 3.05) is 6.61 Å². The lowest BCUT2D eigenvalue weighted by atomic mass is 10.1. The quantitative estimate of drug-likeness (QED) is 0.681. The molecule has 7 nitrogen and oxygen atoms in total. The molecule has 2 saturated heterocycles. The number of amides is 1. The molecule has 2 heterocycles. The lowest BCUT2D eigenvalue weighted by Crippen LogP contribution is -2.46. The summed E-state index contributed by atoms with van der Waals surface area (Å²) in [5.41, 5.74) is 0. The Labute approximate surface area is 117 Å². The van der Waals surface area contributed by atoms with Gasteiger partial charge in [0.15, 0.2) is 12.4 Å². The number of aliphatic hydroxyl groups excluding tert-OH is 1. The highest BCUT2D eigenvalue weighted by Crippen LogP contribution is 2.32. The van der Waals surface area contributed by atoms with Gasteiger partial charge in [-0.2, -0.15) is 0 Å². The standard InChI is InChI=1S/C13H21NO6/c1-6(2)4-9(16)19-8-5-18-12-10(14-7(3)15)13(17)20-11(8)12/h6,8,10-13,17H,4-5H2,1-3H3,(H,14,15)/t8-,10+,11-,12-,13-/m1/s1. The Hall–Kier alpha value is -1.18. The van der Waals surface area contributed by atoms with Gasteiger partial charge in [0.1, 0.15) is 18.2 Å². The maximum Gasteiger partial charge on any atom is 0.306 e. The molecule has 1 amide bonds. The summed E-state index contributed by atoms with van der Waals surface area (Å²) in [6.07, 6.45) is -2.41. The molecule has 2 rings (SSSR count). The van der Waals surface area contributed by atoms with Gasteiger partial charge in [0.25, 0.3) is 0 Å². The van der Waals surface area contributed by atoms with E-state index in [9.17, 15) is 14.7 Å². The van der Waals surface area contributed by atoms with E-state index in [1.807, 2.05) is 13.8 Å². The molecule has 0 aromatic rings. The van der Waals surface area contributed by atoms with Crippen LogP contribution in [0.5, 0.6) is 0 Å². The van der Waals surface area contributed by atoms with Crippen LogP contribution in [0.2, 0.25) is 0 Å². The summed E-state index contributed by atoms with van der Waals surface area (Å²) in [5, 5.41) is 12.4. The Bertz CT molecular complexity index is 385. The Morgan fingerprint density at radius 2 is 2.10 bits per heavy atom. The highest BCUT2D eigenvalue weighted by Gasteiger charge is 2.54. The number of carbonyl (C=O) groups is 2. The molecule has 2 N–H and O–H groups in total. The number of carbonyl (C=O) groups excluding carboxylic acids is 2. The minimum absolute atomic E-state index is 0.210. The maximum absolute atomic E-state index is 11.7. The van der Waals surface area contributed by atoms with Crippen molar-refractivity contribution in [2.24, 2.45) is 5.92 Å². The van der Waals surface area contributed by atoms with E-state index in [1.165, 1.54) is 6.92 Å². The summed E-state index contributed by atoms with van der Waals surface area (Å²) in [6.45, 7) is 5.42. The molecule has 0 bridgehead atoms. The van der Waals surface area contributed by atoms with Crippen molar-refractivity contribution < 1.29 is 28.9 Å². The van der Waals surface area contributed by atoms with Gasteiger partial charge in [0.05, 0.1) is 6.61 Å². The maximum atomic E-state index is 11.7. The predicted octanol–water partition coefficient (Wildman–Crippen LogP) is -0.435. The smallest absolute Gasteiger partial charge is 0.306 e. The minimum Gasteiger partial charge on any atom is -0.457 e. The van der Waals surface area contributed by atoms with Crippen molar-refractivity contribution in [3.05, 3.63) is 0 Å². The fourth-order valence-corrected chi connectivity index (χ4v) is 2.53. The van der Waals surface area contributed by atoms with E-state index in [0.717, 1.165) is 0 Å². The number of nitrogens with one attached hydrogen (secondary N) is 1. The predicted molar refractivity (Wildman–Crippen MR) is 67.6 cm³/mol. The van der Waals surface area contributed by atoms with Gasteiger partial charge in [0.2, 0.25) is 5.91 Å². The fourth-order valence-electron chi connectivity index (χ4n) is 2.53. The number of esters is 1. The molecule has 0 aliphatic carbocycles. The molecule has 0 spiro atoms. The number of rotatable bonds is 4. The molecule has 0 aromatic heterocycles. The van der Waals surface area contributed by atoms with Crippen LogP contribution in [0.3, 0.4) is 0 Å². The van der Waals surface area contributed by atoms with Crippen LogP contribution in [0, 0.1) is 5.92 Å². The second-order valence-corrected chi connectivity index (χ2v) is 5.64. The number of aliphatic hydroxyl groups is 1. The van der Waals surface area contributed by atoms with Crippen molar-refractivity contribution in [1.82, 2.24) is 5.32 Å². The molecule has 0 saturated carbocycles. The summed E-state index contributed by atoms with van der Waals surface area (Å²) in [6, 6.07) is -0.633. The molecule has 2 aliphatic rings. The van der Waals surface area contributed by atoms with Gasteiger partial charge in [-0.15, -0.1) is 0 Å². The fraction of sp³-hybridized carbons (Fsp3) is 0.846. The highest BCUT2D eigenvalue weighted by atomic mass is 16.7. The summed E-state index contributed by atoms with van der Waals surface area (Å²) in [7, 11) is 0. The third-order valence-corrected chi connectivity index (χ3v) is 3.33. The lowest BCUT2D eigenvalue weighted by molar-refractivity contribution is -0.165. The van der Waals surface area contributed by atoms with Crippen molar-refractivity contribution in [3.8, 4) is 0 Å². The molecule has 2 fully saturated rings. The van der Waals surface area contributed by atoms with Crippen LogP contribution in [-0.4, -0.2) is 54.2 Å². The van der Waals surface area contributed by atoms with Crippen LogP contribution >= 0.6 is 0 Å². The third kappa shape index (κ3) is 3.28. The van der Waals surface area contributed by atoms with Gasteiger partial charge in [0, 0.05) is 13.3 Å². The first-order valence-corrected chi connectivity index (χ1v) is 6.80. The van der Waals surface area contributed by atoms with Gasteiger partial charge in [-0.1, -0.05) is 13.8 Å². The Morgan fingerprint density at radius 3 is 2.70 bits per heavy atom. The molecular formula is C13H21NO6. The largest absolute Gasteiger partial charge is 0.457 e.